The second-order valence-corrected chi connectivity index (χ2v) is 29.7. The molecule has 4 aliphatic carbocycles. The monoisotopic (exact) mass is 1400 g/mol. The van der Waals surface area contributed by atoms with Gasteiger partial charge in [0.1, 0.15) is 140 Å². The molecule has 0 amide bonds. The highest BCUT2D eigenvalue weighted by atomic mass is 16.8. The van der Waals surface area contributed by atoms with Crippen LogP contribution < -0.4 is 0 Å². The fraction of sp³-hybridized carbons (Fsp3) is 0.938. The van der Waals surface area contributed by atoms with Crippen molar-refractivity contribution in [1.82, 2.24) is 0 Å². The molecule has 9 fully saturated rings. The van der Waals surface area contributed by atoms with Gasteiger partial charge < -0.3 is 153 Å². The molecule has 11 rings (SSSR count). The highest BCUT2D eigenvalue weighted by Crippen LogP contribution is 2.75. The molecule has 38 unspecified atom stereocenters. The van der Waals surface area contributed by atoms with Crippen LogP contribution in [0.5, 0.6) is 0 Å². The number of carbonyl (C=O) groups is 2. The van der Waals surface area contributed by atoms with Gasteiger partial charge in [-0.25, -0.2) is 0 Å². The lowest BCUT2D eigenvalue weighted by atomic mass is 9.42. The van der Waals surface area contributed by atoms with Gasteiger partial charge in [-0.2, -0.15) is 0 Å². The SMILES string of the molecule is CCC(=O)C1CC(C)C2(CCC3(C)C4=C(CCC32C)C2(C)CCC(OC3OC(COC5OCC(O)C(O)C5OC5OC(CO)C(O)C(OC6OC(CO)C(O)C(OC7OC(CO)C(O)C(O)C7O)C6O)C5OC5OC(C)C(O)C(O)C5O)C(O)C(O)C3O)C(C)(CO)C2CC4=O)O1. The first-order valence-corrected chi connectivity index (χ1v) is 34.0. The quantitative estimate of drug-likeness (QED) is 0.0572. The number of ketones is 2. The molecule has 7 heterocycles. The van der Waals surface area contributed by atoms with Gasteiger partial charge in [0, 0.05) is 34.7 Å². The van der Waals surface area contributed by atoms with Crippen LogP contribution in [-0.2, 0) is 71.2 Å². The summed E-state index contributed by atoms with van der Waals surface area (Å²) >= 11 is 0. The van der Waals surface area contributed by atoms with Gasteiger partial charge in [-0.3, -0.25) is 9.59 Å². The summed E-state index contributed by atoms with van der Waals surface area (Å²) < 4.78 is 79.0. The zero-order valence-electron chi connectivity index (χ0n) is 55.3. The maximum absolute atomic E-state index is 15.1. The lowest BCUT2D eigenvalue weighted by Gasteiger charge is -2.63. The number of rotatable bonds is 19. The summed E-state index contributed by atoms with van der Waals surface area (Å²) in [5.41, 5.74) is -1.55. The molecule has 33 heteroatoms. The summed E-state index contributed by atoms with van der Waals surface area (Å²) in [6.07, 6.45) is -52.4. The molecule has 0 aromatic rings. The van der Waals surface area contributed by atoms with E-state index in [0.717, 1.165) is 11.1 Å². The Balaban J connectivity index is 0.819. The molecule has 38 atom stereocenters. The summed E-state index contributed by atoms with van der Waals surface area (Å²) in [6.45, 7) is 8.77. The van der Waals surface area contributed by atoms with Gasteiger partial charge in [0.2, 0.25) is 0 Å². The van der Waals surface area contributed by atoms with Crippen molar-refractivity contribution in [2.24, 2.45) is 33.5 Å². The van der Waals surface area contributed by atoms with Crippen molar-refractivity contribution in [3.05, 3.63) is 11.1 Å². The third-order valence-electron chi connectivity index (χ3n) is 24.5. The zero-order chi connectivity index (χ0) is 70.7. The number of allylic oxidation sites excluding steroid dienone is 2. The normalized spacial score (nSPS) is 54.2. The van der Waals surface area contributed by atoms with Crippen LogP contribution in [0.3, 0.4) is 0 Å². The fourth-order valence-electron chi connectivity index (χ4n) is 18.3. The molecule has 0 radical (unpaired) electrons. The van der Waals surface area contributed by atoms with E-state index < -0.39 is 263 Å². The minimum Gasteiger partial charge on any atom is -0.396 e. The maximum atomic E-state index is 15.1. The van der Waals surface area contributed by atoms with Crippen molar-refractivity contribution in [3.8, 4) is 0 Å². The third-order valence-corrected chi connectivity index (χ3v) is 24.5. The van der Waals surface area contributed by atoms with Gasteiger partial charge in [-0.15, -0.1) is 0 Å². The molecule has 97 heavy (non-hydrogen) atoms. The molecule has 0 aromatic heterocycles. The number of aliphatic hydroxyl groups excluding tert-OH is 18. The lowest BCUT2D eigenvalue weighted by Crippen LogP contribution is -2.69. The van der Waals surface area contributed by atoms with Crippen LogP contribution in [0.4, 0.5) is 0 Å². The Morgan fingerprint density at radius 3 is 1.68 bits per heavy atom. The Morgan fingerprint density at radius 1 is 0.536 bits per heavy atom. The van der Waals surface area contributed by atoms with E-state index in [1.807, 2.05) is 13.8 Å². The summed E-state index contributed by atoms with van der Waals surface area (Å²) in [4.78, 5) is 28.2. The molecule has 0 bridgehead atoms. The molecule has 1 spiro atoms. The van der Waals surface area contributed by atoms with Crippen molar-refractivity contribution in [3.63, 3.8) is 0 Å². The van der Waals surface area contributed by atoms with Crippen LogP contribution >= 0.6 is 0 Å². The second-order valence-electron chi connectivity index (χ2n) is 29.7. The molecule has 556 valence electrons. The van der Waals surface area contributed by atoms with E-state index in [-0.39, 0.29) is 30.3 Å². The number of carbonyl (C=O) groups excluding carboxylic acids is 2. The van der Waals surface area contributed by atoms with Crippen molar-refractivity contribution >= 4 is 11.6 Å². The molecule has 2 saturated carbocycles. The van der Waals surface area contributed by atoms with Crippen molar-refractivity contribution in [2.45, 2.75) is 302 Å². The largest absolute Gasteiger partial charge is 0.396 e. The maximum Gasteiger partial charge on any atom is 0.187 e. The van der Waals surface area contributed by atoms with Gasteiger partial charge in [0.05, 0.1) is 57.5 Å². The van der Waals surface area contributed by atoms with E-state index in [9.17, 15) is 96.7 Å². The topological polar surface area (TPSA) is 518 Å². The van der Waals surface area contributed by atoms with Crippen LogP contribution in [-0.4, -0.2) is 339 Å². The molecule has 7 saturated heterocycles. The van der Waals surface area contributed by atoms with Gasteiger partial charge in [0.25, 0.3) is 0 Å². The molecule has 33 nitrogen and oxygen atoms in total. The predicted molar refractivity (Wildman–Crippen MR) is 318 cm³/mol. The number of fused-ring (bicyclic) bond motifs is 5. The van der Waals surface area contributed by atoms with Crippen molar-refractivity contribution < 1.29 is 163 Å². The predicted octanol–water partition coefficient (Wildman–Crippen LogP) is -6.61. The van der Waals surface area contributed by atoms with Crippen LogP contribution in [0, 0.1) is 33.5 Å². The number of hydrogen-bond donors (Lipinski definition) is 18. The number of hydrogen-bond acceptors (Lipinski definition) is 33. The van der Waals surface area contributed by atoms with E-state index in [0.29, 0.717) is 44.9 Å². The number of aliphatic hydroxyl groups is 18. The van der Waals surface area contributed by atoms with E-state index in [1.165, 1.54) is 6.92 Å². The Kier molecular flexibility index (Phi) is 22.8. The van der Waals surface area contributed by atoms with Gasteiger partial charge in [0.15, 0.2) is 49.3 Å². The molecule has 18 N–H and O–H groups in total. The van der Waals surface area contributed by atoms with Gasteiger partial charge >= 0.3 is 0 Å². The first-order chi connectivity index (χ1) is 45.7. The molecule has 11 aliphatic rings. The average molecular weight is 1400 g/mol. The summed E-state index contributed by atoms with van der Waals surface area (Å²) in [5, 5.41) is 199. The average Bonchev–Trinajstić information content (AvgIpc) is 1.57. The Hall–Kier alpha value is -2.16. The Labute approximate surface area is 559 Å². The van der Waals surface area contributed by atoms with Crippen molar-refractivity contribution in [2.75, 3.05) is 39.6 Å². The first kappa shape index (κ1) is 76.0. The van der Waals surface area contributed by atoms with Crippen LogP contribution in [0.15, 0.2) is 11.1 Å². The number of Topliss-reactive ketones (excluding diaryl/α,β-unsaturated/α-hetero) is 2. The minimum atomic E-state index is -2.25. The van der Waals surface area contributed by atoms with Gasteiger partial charge in [-0.1, -0.05) is 47.1 Å². The van der Waals surface area contributed by atoms with E-state index in [4.69, 9.17) is 61.6 Å². The first-order valence-electron chi connectivity index (χ1n) is 34.0. The number of ether oxygens (including phenoxy) is 13. The van der Waals surface area contributed by atoms with Gasteiger partial charge in [-0.05, 0) is 69.1 Å². The summed E-state index contributed by atoms with van der Waals surface area (Å²) in [7, 11) is 0. The second kappa shape index (κ2) is 29.1. The van der Waals surface area contributed by atoms with Crippen LogP contribution in [0.25, 0.3) is 0 Å². The zero-order valence-corrected chi connectivity index (χ0v) is 55.3. The van der Waals surface area contributed by atoms with E-state index in [1.54, 1.807) is 0 Å². The Morgan fingerprint density at radius 2 is 1.06 bits per heavy atom. The van der Waals surface area contributed by atoms with Crippen LogP contribution in [0.1, 0.15) is 106 Å². The Bertz CT molecular complexity index is 2770. The molecular formula is C64H102O33. The lowest BCUT2D eigenvalue weighted by molar-refractivity contribution is -0.410. The van der Waals surface area contributed by atoms with Crippen LogP contribution in [0.2, 0.25) is 0 Å². The summed E-state index contributed by atoms with van der Waals surface area (Å²) in [6, 6.07) is 0. The van der Waals surface area contributed by atoms with Crippen molar-refractivity contribution in [1.29, 1.82) is 0 Å². The fourth-order valence-corrected chi connectivity index (χ4v) is 18.3. The minimum absolute atomic E-state index is 0.0415. The third kappa shape index (κ3) is 12.8. The summed E-state index contributed by atoms with van der Waals surface area (Å²) in [5.74, 6) is -0.373. The highest BCUT2D eigenvalue weighted by Gasteiger charge is 2.73. The van der Waals surface area contributed by atoms with E-state index in [2.05, 4.69) is 27.7 Å². The molecule has 0 aromatic carbocycles. The van der Waals surface area contributed by atoms with E-state index >= 15 is 4.79 Å². The smallest absolute Gasteiger partial charge is 0.187 e. The highest BCUT2D eigenvalue weighted by molar-refractivity contribution is 5.99. The molecular weight excluding hydrogens is 1300 g/mol. The molecule has 7 aliphatic heterocycles. The standard InChI is InChI=1S/C64H102O33/c1-8-26(69)29-15-23(2)64(97-29)14-13-62(6)36-25(9-12-63(62,64)7)60(4)11-10-35(61(5,22-68)34(60)16-27(36)70)92-55-47(82)45(80)40(75)33(91-55)21-86-58-52(38(73)28(71)20-85-58)95-59-53(96-54-46(81)43(78)37(72)24(3)87-54)51(42(77)32(19-67)90-59)94-57-49(84)50(41(76)31(18-66)89-57)93-56-48(83)44(79)39(74)30(17-65)88-56/h23-24,28-35,37-59,65-68,71-84H,8-22H2,1-7H3.